The normalized spacial score (nSPS) is 16.4. The van der Waals surface area contributed by atoms with E-state index in [-0.39, 0.29) is 24.1 Å². The van der Waals surface area contributed by atoms with Crippen molar-refractivity contribution in [2.75, 3.05) is 25.1 Å². The van der Waals surface area contributed by atoms with Gasteiger partial charge >= 0.3 is 0 Å². The van der Waals surface area contributed by atoms with Gasteiger partial charge in [-0.1, -0.05) is 12.1 Å². The molecule has 0 aliphatic carbocycles. The molecule has 1 saturated heterocycles. The molecular weight excluding hydrogens is 406 g/mol. The van der Waals surface area contributed by atoms with E-state index in [4.69, 9.17) is 9.90 Å². The molecule has 8 nitrogen and oxygen atoms in total. The number of amides is 1. The van der Waals surface area contributed by atoms with Crippen LogP contribution in [-0.4, -0.2) is 66.1 Å². The minimum Gasteiger partial charge on any atom is -0.483 e. The summed E-state index contributed by atoms with van der Waals surface area (Å²) >= 11 is 0. The van der Waals surface area contributed by atoms with Crippen LogP contribution in [0.3, 0.4) is 0 Å². The fourth-order valence-corrected chi connectivity index (χ4v) is 4.70. The van der Waals surface area contributed by atoms with Gasteiger partial charge in [0.05, 0.1) is 17.6 Å². The smallest absolute Gasteiger partial charge is 0.290 e. The Bertz CT molecular complexity index is 990. The van der Waals surface area contributed by atoms with E-state index in [2.05, 4.69) is 10.2 Å². The highest BCUT2D eigenvalue weighted by molar-refractivity contribution is 7.90. The lowest BCUT2D eigenvalue weighted by molar-refractivity contribution is -0.122. The Hall–Kier alpha value is -2.81. The van der Waals surface area contributed by atoms with Gasteiger partial charge in [-0.15, -0.1) is 0 Å². The summed E-state index contributed by atoms with van der Waals surface area (Å²) in [4.78, 5) is 23.0. The number of aryl methyl sites for hydroxylation is 1. The molecule has 0 radical (unpaired) electrons. The van der Waals surface area contributed by atoms with Gasteiger partial charge in [0.15, 0.2) is 0 Å². The van der Waals surface area contributed by atoms with Crippen molar-refractivity contribution in [3.8, 4) is 11.3 Å². The van der Waals surface area contributed by atoms with Gasteiger partial charge < -0.3 is 10.0 Å². The number of likely N-dealkylation sites (tertiary alicyclic amines) is 1. The summed E-state index contributed by atoms with van der Waals surface area (Å²) in [7, 11) is -3.03. The molecule has 1 aliphatic rings. The molecule has 9 heteroatoms. The van der Waals surface area contributed by atoms with Crippen LogP contribution in [0.1, 0.15) is 34.3 Å². The fraction of sp³-hybridized carbons (Fsp3) is 0.429. The van der Waals surface area contributed by atoms with Crippen LogP contribution in [0.15, 0.2) is 30.5 Å². The Labute approximate surface area is 176 Å². The van der Waals surface area contributed by atoms with Crippen molar-refractivity contribution in [3.63, 3.8) is 0 Å². The Morgan fingerprint density at radius 2 is 1.90 bits per heavy atom. The number of carbonyl (C=O) groups is 2. The minimum atomic E-state index is -3.03. The zero-order valence-corrected chi connectivity index (χ0v) is 18.2. The van der Waals surface area contributed by atoms with Crippen molar-refractivity contribution in [1.82, 2.24) is 15.1 Å². The largest absolute Gasteiger partial charge is 0.483 e. The summed E-state index contributed by atoms with van der Waals surface area (Å²) in [5, 5.41) is 15.1. The number of hydrogen-bond donors (Lipinski definition) is 1. The molecular formula is C21H27N3O5S. The zero-order valence-electron chi connectivity index (χ0n) is 17.4. The van der Waals surface area contributed by atoms with Crippen LogP contribution < -0.4 is 0 Å². The highest BCUT2D eigenvalue weighted by Gasteiger charge is 2.26. The standard InChI is InChI=1S/C20H25N3O3S.CH2O2/c1-14-11-21-22-19(15(14)2)17-6-8-18(9-7-17)20(24)23-10-4-5-16(12-23)13-27(3,25)26;2-1-3/h6-9,11,16H,4-5,10,12-13H2,1-3H3;1H,(H,2,3). The Balaban J connectivity index is 0.00000101. The summed E-state index contributed by atoms with van der Waals surface area (Å²) in [5.41, 5.74) is 4.50. The van der Waals surface area contributed by atoms with Crippen molar-refractivity contribution in [3.05, 3.63) is 47.2 Å². The predicted octanol–water partition coefficient (Wildman–Crippen LogP) is 2.36. The molecule has 1 N–H and O–H groups in total. The number of carboxylic acid groups (broad SMARTS) is 1. The minimum absolute atomic E-state index is 0.0159. The number of hydrogen-bond acceptors (Lipinski definition) is 6. The molecule has 162 valence electrons. The molecule has 2 heterocycles. The third kappa shape index (κ3) is 6.35. The van der Waals surface area contributed by atoms with E-state index in [1.807, 2.05) is 26.0 Å². The quantitative estimate of drug-likeness (QED) is 0.736. The molecule has 1 aliphatic heterocycles. The Morgan fingerprint density at radius 3 is 2.50 bits per heavy atom. The summed E-state index contributed by atoms with van der Waals surface area (Å²) in [6.07, 6.45) is 4.67. The highest BCUT2D eigenvalue weighted by atomic mass is 32.2. The van der Waals surface area contributed by atoms with Crippen LogP contribution in [-0.2, 0) is 14.6 Å². The van der Waals surface area contributed by atoms with Crippen LogP contribution >= 0.6 is 0 Å². The first-order valence-electron chi connectivity index (χ1n) is 9.60. The van der Waals surface area contributed by atoms with Crippen molar-refractivity contribution >= 4 is 22.2 Å². The van der Waals surface area contributed by atoms with Crippen LogP contribution in [0.2, 0.25) is 0 Å². The van der Waals surface area contributed by atoms with Crippen molar-refractivity contribution < 1.29 is 23.1 Å². The summed E-state index contributed by atoms with van der Waals surface area (Å²) in [5.74, 6) is 0.107. The maximum absolute atomic E-state index is 12.8. The Morgan fingerprint density at radius 1 is 1.27 bits per heavy atom. The number of benzene rings is 1. The number of nitrogens with zero attached hydrogens (tertiary/aromatic N) is 3. The summed E-state index contributed by atoms with van der Waals surface area (Å²) in [6, 6.07) is 7.39. The maximum atomic E-state index is 12.8. The number of sulfone groups is 1. The van der Waals surface area contributed by atoms with Gasteiger partial charge in [0, 0.05) is 30.5 Å². The van der Waals surface area contributed by atoms with Gasteiger partial charge in [0.2, 0.25) is 0 Å². The third-order valence-corrected chi connectivity index (χ3v) is 6.18. The van der Waals surface area contributed by atoms with Gasteiger partial charge in [-0.3, -0.25) is 9.59 Å². The molecule has 0 saturated carbocycles. The average molecular weight is 434 g/mol. The first-order valence-corrected chi connectivity index (χ1v) is 11.7. The Kier molecular flexibility index (Phi) is 8.05. The third-order valence-electron chi connectivity index (χ3n) is 5.11. The van der Waals surface area contributed by atoms with Gasteiger partial charge in [-0.05, 0) is 55.9 Å². The van der Waals surface area contributed by atoms with E-state index in [0.29, 0.717) is 18.7 Å². The second kappa shape index (κ2) is 10.3. The fourth-order valence-electron chi connectivity index (χ4n) is 3.57. The number of carbonyl (C=O) groups excluding carboxylic acids is 1. The van der Waals surface area contributed by atoms with Crippen molar-refractivity contribution in [2.24, 2.45) is 5.92 Å². The van der Waals surface area contributed by atoms with E-state index in [1.165, 1.54) is 6.26 Å². The zero-order chi connectivity index (χ0) is 22.3. The molecule has 1 atom stereocenters. The molecule has 3 rings (SSSR count). The van der Waals surface area contributed by atoms with E-state index in [1.54, 1.807) is 23.2 Å². The lowest BCUT2D eigenvalue weighted by Crippen LogP contribution is -2.41. The second-order valence-corrected chi connectivity index (χ2v) is 9.72. The molecule has 1 aromatic carbocycles. The summed E-state index contributed by atoms with van der Waals surface area (Å²) in [6.45, 7) is 4.92. The maximum Gasteiger partial charge on any atom is 0.290 e. The van der Waals surface area contributed by atoms with Gasteiger partial charge in [0.25, 0.3) is 12.4 Å². The molecule has 0 spiro atoms. The second-order valence-electron chi connectivity index (χ2n) is 7.54. The molecule has 1 amide bonds. The molecule has 1 unspecified atom stereocenters. The lowest BCUT2D eigenvalue weighted by atomic mass is 9.98. The predicted molar refractivity (Wildman–Crippen MR) is 114 cm³/mol. The van der Waals surface area contributed by atoms with Crippen molar-refractivity contribution in [1.29, 1.82) is 0 Å². The first kappa shape index (κ1) is 23.5. The van der Waals surface area contributed by atoms with Crippen LogP contribution in [0.4, 0.5) is 0 Å². The average Bonchev–Trinajstić information content (AvgIpc) is 2.69. The number of aromatic nitrogens is 2. The number of piperidine rings is 1. The van der Waals surface area contributed by atoms with E-state index < -0.39 is 9.84 Å². The van der Waals surface area contributed by atoms with E-state index in [9.17, 15) is 13.2 Å². The van der Waals surface area contributed by atoms with Crippen molar-refractivity contribution in [2.45, 2.75) is 26.7 Å². The van der Waals surface area contributed by atoms with Crippen LogP contribution in [0.25, 0.3) is 11.3 Å². The molecule has 2 aromatic rings. The molecule has 30 heavy (non-hydrogen) atoms. The lowest BCUT2D eigenvalue weighted by Gasteiger charge is -2.32. The monoisotopic (exact) mass is 433 g/mol. The molecule has 0 bridgehead atoms. The number of rotatable bonds is 4. The van der Waals surface area contributed by atoms with E-state index >= 15 is 0 Å². The topological polar surface area (TPSA) is 118 Å². The van der Waals surface area contributed by atoms with Gasteiger partial charge in [-0.2, -0.15) is 10.2 Å². The van der Waals surface area contributed by atoms with E-state index in [0.717, 1.165) is 35.2 Å². The van der Waals surface area contributed by atoms with Crippen LogP contribution in [0, 0.1) is 19.8 Å². The molecule has 1 fully saturated rings. The SMILES string of the molecule is Cc1cnnc(-c2ccc(C(=O)N3CCCC(CS(C)(=O)=O)C3)cc2)c1C.O=CO. The van der Waals surface area contributed by atoms with Gasteiger partial charge in [-0.25, -0.2) is 8.42 Å². The highest BCUT2D eigenvalue weighted by Crippen LogP contribution is 2.24. The van der Waals surface area contributed by atoms with Crippen LogP contribution in [0.5, 0.6) is 0 Å². The van der Waals surface area contributed by atoms with Gasteiger partial charge in [0.1, 0.15) is 9.84 Å². The summed E-state index contributed by atoms with van der Waals surface area (Å²) < 4.78 is 23.1. The first-order chi connectivity index (χ1) is 14.2. The molecule has 1 aromatic heterocycles.